The first-order valence-corrected chi connectivity index (χ1v) is 7.84. The second kappa shape index (κ2) is 7.97. The molecule has 0 spiro atoms. The van der Waals surface area contributed by atoms with Gasteiger partial charge in [0.1, 0.15) is 11.5 Å². The zero-order valence-electron chi connectivity index (χ0n) is 13.5. The molecule has 0 saturated heterocycles. The number of carbonyl (C=O) groups excluding carboxylic acids is 2. The first kappa shape index (κ1) is 16.5. The molecule has 1 aromatic heterocycles. The van der Waals surface area contributed by atoms with Gasteiger partial charge in [-0.3, -0.25) is 9.59 Å². The van der Waals surface area contributed by atoms with Crippen molar-refractivity contribution in [3.8, 4) is 5.75 Å². The minimum absolute atomic E-state index is 0.0525. The fraction of sp³-hybridized carbons (Fsp3) is 0.100. The van der Waals surface area contributed by atoms with Gasteiger partial charge in [0.25, 0.3) is 5.91 Å². The predicted molar refractivity (Wildman–Crippen MR) is 92.4 cm³/mol. The van der Waals surface area contributed by atoms with E-state index in [1.807, 2.05) is 18.2 Å². The van der Waals surface area contributed by atoms with Crippen LogP contribution in [0.2, 0.25) is 0 Å². The van der Waals surface area contributed by atoms with E-state index in [4.69, 9.17) is 9.15 Å². The molecule has 3 aromatic rings. The van der Waals surface area contributed by atoms with Crippen LogP contribution in [-0.2, 0) is 11.3 Å². The number of nitrogens with one attached hydrogen (secondary N) is 1. The van der Waals surface area contributed by atoms with E-state index >= 15 is 0 Å². The highest BCUT2D eigenvalue weighted by Gasteiger charge is 2.09. The fourth-order valence-corrected chi connectivity index (χ4v) is 2.26. The molecule has 0 fully saturated rings. The van der Waals surface area contributed by atoms with Crippen LogP contribution < -0.4 is 10.1 Å². The number of amides is 1. The predicted octanol–water partition coefficient (Wildman–Crippen LogP) is 3.21. The third-order valence-corrected chi connectivity index (χ3v) is 3.56. The van der Waals surface area contributed by atoms with E-state index in [0.29, 0.717) is 29.2 Å². The van der Waals surface area contributed by atoms with Crippen LogP contribution in [0.5, 0.6) is 5.75 Å². The third kappa shape index (κ3) is 4.57. The number of rotatable bonds is 7. The maximum Gasteiger partial charge on any atom is 0.258 e. The number of furan rings is 1. The van der Waals surface area contributed by atoms with Gasteiger partial charge in [0.2, 0.25) is 0 Å². The molecule has 0 aliphatic heterocycles. The van der Waals surface area contributed by atoms with Crippen LogP contribution in [0.3, 0.4) is 0 Å². The van der Waals surface area contributed by atoms with Gasteiger partial charge in [-0.1, -0.05) is 30.3 Å². The smallest absolute Gasteiger partial charge is 0.258 e. The van der Waals surface area contributed by atoms with E-state index in [1.165, 1.54) is 0 Å². The van der Waals surface area contributed by atoms with Gasteiger partial charge in [0, 0.05) is 11.1 Å². The number of carbonyl (C=O) groups is 2. The highest BCUT2D eigenvalue weighted by atomic mass is 16.5. The average molecular weight is 335 g/mol. The lowest BCUT2D eigenvalue weighted by molar-refractivity contribution is -0.123. The Morgan fingerprint density at radius 3 is 2.28 bits per heavy atom. The van der Waals surface area contributed by atoms with Gasteiger partial charge >= 0.3 is 0 Å². The van der Waals surface area contributed by atoms with E-state index in [1.54, 1.807) is 54.8 Å². The Hall–Kier alpha value is -3.34. The van der Waals surface area contributed by atoms with Crippen LogP contribution in [0.4, 0.5) is 0 Å². The molecule has 25 heavy (non-hydrogen) atoms. The largest absolute Gasteiger partial charge is 0.484 e. The van der Waals surface area contributed by atoms with Crippen LogP contribution in [0.25, 0.3) is 0 Å². The summed E-state index contributed by atoms with van der Waals surface area (Å²) in [5.41, 5.74) is 1.20. The molecular formula is C20H17NO4. The van der Waals surface area contributed by atoms with Crippen molar-refractivity contribution in [3.63, 3.8) is 0 Å². The summed E-state index contributed by atoms with van der Waals surface area (Å²) in [5.74, 6) is 0.902. The van der Waals surface area contributed by atoms with Crippen molar-refractivity contribution in [1.82, 2.24) is 5.32 Å². The van der Waals surface area contributed by atoms with Gasteiger partial charge in [-0.2, -0.15) is 0 Å². The van der Waals surface area contributed by atoms with Crippen molar-refractivity contribution < 1.29 is 18.7 Å². The molecule has 1 amide bonds. The Labute approximate surface area is 145 Å². The molecule has 0 aliphatic carbocycles. The maximum atomic E-state index is 12.3. The van der Waals surface area contributed by atoms with Crippen molar-refractivity contribution in [1.29, 1.82) is 0 Å². The average Bonchev–Trinajstić information content (AvgIpc) is 3.19. The van der Waals surface area contributed by atoms with Crippen LogP contribution >= 0.6 is 0 Å². The SMILES string of the molecule is O=C(COc1ccc(C(=O)c2ccccc2)cc1)NCc1ccco1. The van der Waals surface area contributed by atoms with Crippen LogP contribution in [0.15, 0.2) is 77.4 Å². The zero-order chi connectivity index (χ0) is 17.5. The lowest BCUT2D eigenvalue weighted by Crippen LogP contribution is -2.28. The van der Waals surface area contributed by atoms with E-state index in [0.717, 1.165) is 0 Å². The quantitative estimate of drug-likeness (QED) is 0.673. The summed E-state index contributed by atoms with van der Waals surface area (Å²) < 4.78 is 10.6. The van der Waals surface area contributed by atoms with Gasteiger partial charge in [0.15, 0.2) is 12.4 Å². The third-order valence-electron chi connectivity index (χ3n) is 3.56. The highest BCUT2D eigenvalue weighted by Crippen LogP contribution is 2.15. The van der Waals surface area contributed by atoms with Crippen molar-refractivity contribution in [3.05, 3.63) is 89.9 Å². The molecule has 2 aromatic carbocycles. The van der Waals surface area contributed by atoms with Gasteiger partial charge in [-0.05, 0) is 36.4 Å². The number of hydrogen-bond acceptors (Lipinski definition) is 4. The molecule has 0 unspecified atom stereocenters. The van der Waals surface area contributed by atoms with Crippen molar-refractivity contribution >= 4 is 11.7 Å². The zero-order valence-corrected chi connectivity index (χ0v) is 13.5. The van der Waals surface area contributed by atoms with Gasteiger partial charge in [-0.15, -0.1) is 0 Å². The first-order valence-electron chi connectivity index (χ1n) is 7.84. The van der Waals surface area contributed by atoms with E-state index < -0.39 is 0 Å². The minimum Gasteiger partial charge on any atom is -0.484 e. The fourth-order valence-electron chi connectivity index (χ4n) is 2.26. The van der Waals surface area contributed by atoms with Crippen molar-refractivity contribution in [2.75, 3.05) is 6.61 Å². The minimum atomic E-state index is -0.249. The Morgan fingerprint density at radius 2 is 1.60 bits per heavy atom. The number of benzene rings is 2. The maximum absolute atomic E-state index is 12.3. The standard InChI is InChI=1S/C20H17NO4/c22-19(21-13-18-7-4-12-24-18)14-25-17-10-8-16(9-11-17)20(23)15-5-2-1-3-6-15/h1-12H,13-14H2,(H,21,22). The monoisotopic (exact) mass is 335 g/mol. The van der Waals surface area contributed by atoms with Crippen molar-refractivity contribution in [2.24, 2.45) is 0 Å². The Morgan fingerprint density at radius 1 is 0.880 bits per heavy atom. The summed E-state index contributed by atoms with van der Waals surface area (Å²) in [6.07, 6.45) is 1.55. The summed E-state index contributed by atoms with van der Waals surface area (Å²) in [7, 11) is 0. The van der Waals surface area contributed by atoms with Gasteiger partial charge in [0.05, 0.1) is 12.8 Å². The lowest BCUT2D eigenvalue weighted by atomic mass is 10.0. The summed E-state index contributed by atoms with van der Waals surface area (Å²) >= 11 is 0. The molecule has 0 atom stereocenters. The molecule has 5 nitrogen and oxygen atoms in total. The Balaban J connectivity index is 1.50. The van der Waals surface area contributed by atoms with Crippen molar-refractivity contribution in [2.45, 2.75) is 6.54 Å². The van der Waals surface area contributed by atoms with E-state index in [2.05, 4.69) is 5.32 Å². The second-order valence-corrected chi connectivity index (χ2v) is 5.36. The Bertz CT molecular complexity index is 824. The highest BCUT2D eigenvalue weighted by molar-refractivity contribution is 6.08. The molecule has 1 N–H and O–H groups in total. The van der Waals surface area contributed by atoms with Gasteiger partial charge in [-0.25, -0.2) is 0 Å². The second-order valence-electron chi connectivity index (χ2n) is 5.36. The summed E-state index contributed by atoms with van der Waals surface area (Å²) in [6.45, 7) is 0.215. The van der Waals surface area contributed by atoms with Gasteiger partial charge < -0.3 is 14.5 Å². The summed E-state index contributed by atoms with van der Waals surface area (Å²) in [5, 5.41) is 2.69. The topological polar surface area (TPSA) is 68.5 Å². The molecule has 5 heteroatoms. The van der Waals surface area contributed by atoms with Crippen LogP contribution in [-0.4, -0.2) is 18.3 Å². The number of ether oxygens (including phenoxy) is 1. The normalized spacial score (nSPS) is 10.2. The summed E-state index contributed by atoms with van der Waals surface area (Å²) in [4.78, 5) is 24.0. The molecule has 1 heterocycles. The molecule has 0 saturated carbocycles. The van der Waals surface area contributed by atoms with Crippen LogP contribution in [0.1, 0.15) is 21.7 Å². The molecular weight excluding hydrogens is 318 g/mol. The van der Waals surface area contributed by atoms with E-state index in [9.17, 15) is 9.59 Å². The summed E-state index contributed by atoms with van der Waals surface area (Å²) in [6, 6.07) is 19.3. The molecule has 0 aliphatic rings. The van der Waals surface area contributed by atoms with Crippen LogP contribution in [0, 0.1) is 0 Å². The first-order chi connectivity index (χ1) is 12.2. The lowest BCUT2D eigenvalue weighted by Gasteiger charge is -2.07. The number of ketones is 1. The molecule has 0 radical (unpaired) electrons. The molecule has 126 valence electrons. The molecule has 3 rings (SSSR count). The molecule has 0 bridgehead atoms. The van der Waals surface area contributed by atoms with E-state index in [-0.39, 0.29) is 18.3 Å². The number of hydrogen-bond donors (Lipinski definition) is 1. The Kier molecular flexibility index (Phi) is 5.26.